The molecule has 1 saturated carbocycles. The SMILES string of the molecule is CC(NC(=O)CSc1nnc(COc2ccccc2Cl)n1C1CC1)c1ccc2ccccc2c1. The van der Waals surface area contributed by atoms with Gasteiger partial charge in [-0.2, -0.15) is 0 Å². The molecule has 0 spiro atoms. The fraction of sp³-hybridized carbons (Fsp3) is 0.269. The van der Waals surface area contributed by atoms with Crippen LogP contribution in [0.5, 0.6) is 5.75 Å². The van der Waals surface area contributed by atoms with E-state index in [2.05, 4.69) is 50.4 Å². The first kappa shape index (κ1) is 22.7. The maximum atomic E-state index is 12.7. The maximum Gasteiger partial charge on any atom is 0.230 e. The van der Waals surface area contributed by atoms with Gasteiger partial charge < -0.3 is 10.1 Å². The average molecular weight is 493 g/mol. The molecule has 0 bridgehead atoms. The molecule has 174 valence electrons. The van der Waals surface area contributed by atoms with E-state index in [1.807, 2.05) is 37.3 Å². The molecule has 1 amide bonds. The molecule has 5 rings (SSSR count). The third-order valence-corrected chi connectivity index (χ3v) is 7.08. The standard InChI is InChI=1S/C26H25ClN4O2S/c1-17(19-11-10-18-6-2-3-7-20(18)14-19)28-25(32)16-34-26-30-29-24(31(26)21-12-13-21)15-33-23-9-5-4-8-22(23)27/h2-11,14,17,21H,12-13,15-16H2,1H3,(H,28,32). The maximum absolute atomic E-state index is 12.7. The summed E-state index contributed by atoms with van der Waals surface area (Å²) in [5.41, 5.74) is 1.08. The molecule has 0 saturated heterocycles. The molecule has 1 aromatic heterocycles. The molecule has 8 heteroatoms. The number of hydrogen-bond acceptors (Lipinski definition) is 5. The van der Waals surface area contributed by atoms with Gasteiger partial charge in [-0.05, 0) is 54.3 Å². The highest BCUT2D eigenvalue weighted by atomic mass is 35.5. The first-order valence-corrected chi connectivity index (χ1v) is 12.7. The summed E-state index contributed by atoms with van der Waals surface area (Å²) in [7, 11) is 0. The van der Waals surface area contributed by atoms with Crippen molar-refractivity contribution in [2.24, 2.45) is 0 Å². The van der Waals surface area contributed by atoms with Crippen molar-refractivity contribution >= 4 is 40.0 Å². The highest BCUT2D eigenvalue weighted by Gasteiger charge is 2.30. The van der Waals surface area contributed by atoms with Crippen LogP contribution < -0.4 is 10.1 Å². The van der Waals surface area contributed by atoms with E-state index in [0.29, 0.717) is 16.8 Å². The summed E-state index contributed by atoms with van der Waals surface area (Å²) in [5.74, 6) is 1.60. The molecular formula is C26H25ClN4O2S. The second-order valence-electron chi connectivity index (χ2n) is 8.40. The summed E-state index contributed by atoms with van der Waals surface area (Å²) in [6.45, 7) is 2.28. The van der Waals surface area contributed by atoms with Crippen molar-refractivity contribution in [2.75, 3.05) is 5.75 Å². The third kappa shape index (κ3) is 5.21. The van der Waals surface area contributed by atoms with Gasteiger partial charge in [-0.3, -0.25) is 9.36 Å². The molecule has 1 aliphatic carbocycles. The summed E-state index contributed by atoms with van der Waals surface area (Å²) in [4.78, 5) is 12.7. The number of aromatic nitrogens is 3. The number of fused-ring (bicyclic) bond motifs is 1. The van der Waals surface area contributed by atoms with Crippen LogP contribution in [0, 0.1) is 0 Å². The van der Waals surface area contributed by atoms with Crippen LogP contribution in [0.1, 0.15) is 43.2 Å². The van der Waals surface area contributed by atoms with E-state index < -0.39 is 0 Å². The summed E-state index contributed by atoms with van der Waals surface area (Å²) in [5, 5.41) is 15.4. The van der Waals surface area contributed by atoms with Gasteiger partial charge in [-0.1, -0.05) is 71.9 Å². The normalized spacial score (nSPS) is 14.2. The molecular weight excluding hydrogens is 468 g/mol. The number of amides is 1. The molecule has 1 atom stereocenters. The van der Waals surface area contributed by atoms with Gasteiger partial charge in [0.05, 0.1) is 16.8 Å². The van der Waals surface area contributed by atoms with Gasteiger partial charge in [0.25, 0.3) is 0 Å². The zero-order chi connectivity index (χ0) is 23.5. The molecule has 1 unspecified atom stereocenters. The largest absolute Gasteiger partial charge is 0.484 e. The second kappa shape index (κ2) is 10.1. The molecule has 1 N–H and O–H groups in total. The molecule has 1 heterocycles. The number of halogens is 1. The van der Waals surface area contributed by atoms with Gasteiger partial charge in [0.2, 0.25) is 5.91 Å². The zero-order valence-electron chi connectivity index (χ0n) is 18.8. The summed E-state index contributed by atoms with van der Waals surface area (Å²) >= 11 is 7.60. The Bertz CT molecular complexity index is 1320. The lowest BCUT2D eigenvalue weighted by Gasteiger charge is -2.15. The van der Waals surface area contributed by atoms with E-state index in [1.54, 1.807) is 6.07 Å². The van der Waals surface area contributed by atoms with Crippen LogP contribution in [0.4, 0.5) is 0 Å². The summed E-state index contributed by atoms with van der Waals surface area (Å²) < 4.78 is 7.97. The Morgan fingerprint density at radius 3 is 2.68 bits per heavy atom. The monoisotopic (exact) mass is 492 g/mol. The second-order valence-corrected chi connectivity index (χ2v) is 9.75. The number of nitrogens with zero attached hydrogens (tertiary/aromatic N) is 3. The van der Waals surface area contributed by atoms with E-state index in [1.165, 1.54) is 22.5 Å². The highest BCUT2D eigenvalue weighted by Crippen LogP contribution is 2.39. The first-order valence-electron chi connectivity index (χ1n) is 11.3. The van der Waals surface area contributed by atoms with E-state index in [4.69, 9.17) is 16.3 Å². The predicted molar refractivity (Wildman–Crippen MR) is 135 cm³/mol. The lowest BCUT2D eigenvalue weighted by atomic mass is 10.0. The predicted octanol–water partition coefficient (Wildman–Crippen LogP) is 5.97. The minimum absolute atomic E-state index is 0.0372. The Morgan fingerprint density at radius 1 is 1.12 bits per heavy atom. The Morgan fingerprint density at radius 2 is 1.88 bits per heavy atom. The van der Waals surface area contributed by atoms with E-state index in [-0.39, 0.29) is 24.3 Å². The number of carbonyl (C=O) groups is 1. The van der Waals surface area contributed by atoms with Crippen molar-refractivity contribution in [3.63, 3.8) is 0 Å². The Hall–Kier alpha value is -3.03. The average Bonchev–Trinajstić information content (AvgIpc) is 3.61. The van der Waals surface area contributed by atoms with Crippen molar-refractivity contribution < 1.29 is 9.53 Å². The van der Waals surface area contributed by atoms with E-state index in [9.17, 15) is 4.79 Å². The topological polar surface area (TPSA) is 69.0 Å². The van der Waals surface area contributed by atoms with Crippen LogP contribution in [0.3, 0.4) is 0 Å². The molecule has 1 fully saturated rings. The first-order chi connectivity index (χ1) is 16.6. The number of nitrogens with one attached hydrogen (secondary N) is 1. The van der Waals surface area contributed by atoms with Crippen molar-refractivity contribution in [1.82, 2.24) is 20.1 Å². The summed E-state index contributed by atoms with van der Waals surface area (Å²) in [6, 6.07) is 22.1. The smallest absolute Gasteiger partial charge is 0.230 e. The molecule has 6 nitrogen and oxygen atoms in total. The molecule has 34 heavy (non-hydrogen) atoms. The van der Waals surface area contributed by atoms with E-state index >= 15 is 0 Å². The zero-order valence-corrected chi connectivity index (χ0v) is 20.4. The number of carbonyl (C=O) groups excluding carboxylic acids is 1. The van der Waals surface area contributed by atoms with Crippen LogP contribution in [-0.2, 0) is 11.4 Å². The molecule has 1 aliphatic rings. The number of benzene rings is 3. The lowest BCUT2D eigenvalue weighted by Crippen LogP contribution is -2.28. The number of hydrogen-bond donors (Lipinski definition) is 1. The van der Waals surface area contributed by atoms with Gasteiger partial charge >= 0.3 is 0 Å². The van der Waals surface area contributed by atoms with E-state index in [0.717, 1.165) is 29.4 Å². The minimum Gasteiger partial charge on any atom is -0.484 e. The quantitative estimate of drug-likeness (QED) is 0.291. The molecule has 4 aromatic rings. The number of rotatable bonds is 9. The lowest BCUT2D eigenvalue weighted by molar-refractivity contribution is -0.119. The Balaban J connectivity index is 1.20. The van der Waals surface area contributed by atoms with Crippen molar-refractivity contribution in [1.29, 1.82) is 0 Å². The van der Waals surface area contributed by atoms with Gasteiger partial charge in [0.15, 0.2) is 11.0 Å². The fourth-order valence-corrected chi connectivity index (χ4v) is 4.91. The number of ether oxygens (including phenoxy) is 1. The molecule has 3 aromatic carbocycles. The fourth-order valence-electron chi connectivity index (χ4n) is 3.88. The third-order valence-electron chi connectivity index (χ3n) is 5.82. The van der Waals surface area contributed by atoms with Gasteiger partial charge in [-0.25, -0.2) is 0 Å². The van der Waals surface area contributed by atoms with Crippen LogP contribution in [0.25, 0.3) is 10.8 Å². The van der Waals surface area contributed by atoms with Gasteiger partial charge in [-0.15, -0.1) is 10.2 Å². The molecule has 0 radical (unpaired) electrons. The summed E-state index contributed by atoms with van der Waals surface area (Å²) in [6.07, 6.45) is 2.16. The van der Waals surface area contributed by atoms with Crippen molar-refractivity contribution in [3.8, 4) is 5.75 Å². The van der Waals surface area contributed by atoms with Crippen molar-refractivity contribution in [3.05, 3.63) is 83.1 Å². The highest BCUT2D eigenvalue weighted by molar-refractivity contribution is 7.99. The minimum atomic E-state index is -0.0846. The Kier molecular flexibility index (Phi) is 6.74. The van der Waals surface area contributed by atoms with Crippen molar-refractivity contribution in [2.45, 2.75) is 43.6 Å². The van der Waals surface area contributed by atoms with Gasteiger partial charge in [0, 0.05) is 6.04 Å². The number of thioether (sulfide) groups is 1. The van der Waals surface area contributed by atoms with Crippen LogP contribution in [0.15, 0.2) is 71.9 Å². The number of para-hydroxylation sites is 1. The van der Waals surface area contributed by atoms with Crippen LogP contribution in [-0.4, -0.2) is 26.4 Å². The van der Waals surface area contributed by atoms with Gasteiger partial charge in [0.1, 0.15) is 12.4 Å². The Labute approximate surface area is 207 Å². The van der Waals surface area contributed by atoms with Crippen LogP contribution in [0.2, 0.25) is 5.02 Å². The molecule has 0 aliphatic heterocycles. The van der Waals surface area contributed by atoms with Crippen LogP contribution >= 0.6 is 23.4 Å².